The van der Waals surface area contributed by atoms with Crippen LogP contribution in [-0.2, 0) is 7.05 Å². The summed E-state index contributed by atoms with van der Waals surface area (Å²) in [6, 6.07) is 14.5. The lowest BCUT2D eigenvalue weighted by molar-refractivity contribution is 0.0945. The molecule has 0 aliphatic carbocycles. The summed E-state index contributed by atoms with van der Waals surface area (Å²) in [5, 5.41) is 6.95. The van der Waals surface area contributed by atoms with Gasteiger partial charge in [0.05, 0.1) is 18.1 Å². The molecule has 204 valence electrons. The van der Waals surface area contributed by atoms with Crippen molar-refractivity contribution in [2.45, 2.75) is 25.7 Å². The Balaban J connectivity index is 1.26. The Morgan fingerprint density at radius 3 is 2.62 bits per heavy atom. The molecule has 10 heteroatoms. The number of rotatable bonds is 10. The number of likely N-dealkylation sites (tertiary alicyclic amines) is 1. The molecule has 5 rings (SSSR count). The molecule has 1 fully saturated rings. The maximum Gasteiger partial charge on any atom is 0.270 e. The highest BCUT2D eigenvalue weighted by atomic mass is 35.5. The molecule has 0 radical (unpaired) electrons. The number of hydrogen-bond donors (Lipinski definition) is 2. The van der Waals surface area contributed by atoms with Crippen LogP contribution in [0.4, 0.5) is 11.6 Å². The molecule has 2 aromatic carbocycles. The molecule has 0 bridgehead atoms. The summed E-state index contributed by atoms with van der Waals surface area (Å²) in [5.74, 6) is 1.96. The lowest BCUT2D eigenvalue weighted by Crippen LogP contribution is -2.33. The first-order valence-corrected chi connectivity index (χ1v) is 13.6. The van der Waals surface area contributed by atoms with E-state index >= 15 is 0 Å². The highest BCUT2D eigenvalue weighted by Gasteiger charge is 2.16. The van der Waals surface area contributed by atoms with E-state index in [0.717, 1.165) is 42.8 Å². The Bertz CT molecular complexity index is 1430. The molecule has 0 saturated carbocycles. The van der Waals surface area contributed by atoms with Crippen molar-refractivity contribution in [2.75, 3.05) is 38.6 Å². The minimum absolute atomic E-state index is 0.218. The van der Waals surface area contributed by atoms with Gasteiger partial charge in [-0.1, -0.05) is 18.0 Å². The monoisotopic (exact) mass is 548 g/mol. The van der Waals surface area contributed by atoms with Gasteiger partial charge in [-0.15, -0.1) is 0 Å². The lowest BCUT2D eigenvalue weighted by atomic mass is 10.1. The molecule has 4 aromatic rings. The predicted molar refractivity (Wildman–Crippen MR) is 154 cm³/mol. The molecule has 1 aliphatic heterocycles. The molecule has 0 unspecified atom stereocenters. The average Bonchev–Trinajstić information content (AvgIpc) is 3.26. The maximum absolute atomic E-state index is 12.7. The molecule has 3 heterocycles. The number of nitrogens with zero attached hydrogens (tertiary/aromatic N) is 4. The van der Waals surface area contributed by atoms with E-state index in [-0.39, 0.29) is 5.91 Å². The number of methoxy groups -OCH3 is 1. The number of hydrogen-bond acceptors (Lipinski definition) is 7. The largest absolute Gasteiger partial charge is 0.493 e. The Morgan fingerprint density at radius 2 is 1.85 bits per heavy atom. The number of halogens is 1. The zero-order valence-corrected chi connectivity index (χ0v) is 23.0. The summed E-state index contributed by atoms with van der Waals surface area (Å²) in [6.07, 6.45) is 6.34. The van der Waals surface area contributed by atoms with E-state index in [1.165, 1.54) is 19.3 Å². The number of ether oxygens (including phenoxy) is 2. The van der Waals surface area contributed by atoms with E-state index in [1.54, 1.807) is 25.4 Å². The maximum atomic E-state index is 12.7. The molecule has 2 aromatic heterocycles. The van der Waals surface area contributed by atoms with Crippen molar-refractivity contribution in [3.05, 3.63) is 65.4 Å². The highest BCUT2D eigenvalue weighted by molar-refractivity contribution is 6.30. The Morgan fingerprint density at radius 1 is 1.05 bits per heavy atom. The van der Waals surface area contributed by atoms with Crippen LogP contribution in [-0.4, -0.2) is 58.6 Å². The Hall–Kier alpha value is -3.82. The number of nitrogens with one attached hydrogen (secondary N) is 2. The number of aryl methyl sites for hydroxylation is 1. The third kappa shape index (κ3) is 6.61. The van der Waals surface area contributed by atoms with Crippen LogP contribution in [0.3, 0.4) is 0 Å². The van der Waals surface area contributed by atoms with E-state index in [2.05, 4.69) is 20.5 Å². The zero-order valence-electron chi connectivity index (χ0n) is 22.2. The van der Waals surface area contributed by atoms with Gasteiger partial charge in [-0.25, -0.2) is 4.98 Å². The summed E-state index contributed by atoms with van der Waals surface area (Å²) in [7, 11) is 3.51. The summed E-state index contributed by atoms with van der Waals surface area (Å²) < 4.78 is 13.7. The quantitative estimate of drug-likeness (QED) is 0.243. The third-order valence-corrected chi connectivity index (χ3v) is 7.10. The standard InChI is InChI=1S/C29H33ClN6O3/c1-35-25-19-26(38-2)27(18-23(25)34-29(35)33-21-9-7-20(30)8-10-21)39-22-11-13-31-24(17-22)28(37)32-12-6-16-36-14-4-3-5-15-36/h7-11,13,17-19H,3-6,12,14-16H2,1-2H3,(H,32,37)(H,33,34). The number of fused-ring (bicyclic) bond motifs is 1. The summed E-state index contributed by atoms with van der Waals surface area (Å²) in [6.45, 7) is 3.92. The molecule has 1 aliphatic rings. The van der Waals surface area contributed by atoms with E-state index in [0.29, 0.717) is 40.5 Å². The van der Waals surface area contributed by atoms with Gasteiger partial charge in [-0.3, -0.25) is 9.78 Å². The molecule has 2 N–H and O–H groups in total. The van der Waals surface area contributed by atoms with Crippen LogP contribution in [0.1, 0.15) is 36.2 Å². The van der Waals surface area contributed by atoms with Gasteiger partial charge in [0.15, 0.2) is 11.5 Å². The van der Waals surface area contributed by atoms with E-state index in [1.807, 2.05) is 48.0 Å². The van der Waals surface area contributed by atoms with Gasteiger partial charge in [0.1, 0.15) is 11.4 Å². The molecular weight excluding hydrogens is 516 g/mol. The van der Waals surface area contributed by atoms with Gasteiger partial charge in [0, 0.05) is 48.7 Å². The van der Waals surface area contributed by atoms with Crippen LogP contribution in [0.15, 0.2) is 54.7 Å². The number of pyridine rings is 1. The molecule has 0 spiro atoms. The van der Waals surface area contributed by atoms with E-state index < -0.39 is 0 Å². The third-order valence-electron chi connectivity index (χ3n) is 6.84. The second-order valence-corrected chi connectivity index (χ2v) is 10.0. The van der Waals surface area contributed by atoms with Crippen LogP contribution < -0.4 is 20.1 Å². The zero-order chi connectivity index (χ0) is 27.2. The first-order valence-electron chi connectivity index (χ1n) is 13.2. The van der Waals surface area contributed by atoms with Crippen LogP contribution in [0, 0.1) is 0 Å². The first-order chi connectivity index (χ1) is 19.0. The van der Waals surface area contributed by atoms with Gasteiger partial charge in [0.25, 0.3) is 5.91 Å². The van der Waals surface area contributed by atoms with Gasteiger partial charge in [-0.2, -0.15) is 0 Å². The summed E-state index contributed by atoms with van der Waals surface area (Å²) >= 11 is 6.01. The molecule has 1 saturated heterocycles. The van der Waals surface area contributed by atoms with Crippen LogP contribution in [0.2, 0.25) is 5.02 Å². The number of carbonyl (C=O) groups excluding carboxylic acids is 1. The fourth-order valence-electron chi connectivity index (χ4n) is 4.72. The summed E-state index contributed by atoms with van der Waals surface area (Å²) in [5.41, 5.74) is 2.77. The van der Waals surface area contributed by atoms with Crippen molar-refractivity contribution in [1.82, 2.24) is 24.8 Å². The van der Waals surface area contributed by atoms with Gasteiger partial charge < -0.3 is 29.6 Å². The fourth-order valence-corrected chi connectivity index (χ4v) is 4.84. The van der Waals surface area contributed by atoms with Crippen molar-refractivity contribution in [1.29, 1.82) is 0 Å². The van der Waals surface area contributed by atoms with Gasteiger partial charge in [-0.05, 0) is 69.2 Å². The second kappa shape index (κ2) is 12.4. The number of carbonyl (C=O) groups is 1. The SMILES string of the molecule is COc1cc2c(cc1Oc1ccnc(C(=O)NCCCN3CCCCC3)c1)nc(Nc1ccc(Cl)cc1)n2C. The highest BCUT2D eigenvalue weighted by Crippen LogP contribution is 2.36. The second-order valence-electron chi connectivity index (χ2n) is 9.61. The number of piperidine rings is 1. The molecule has 0 atom stereocenters. The van der Waals surface area contributed by atoms with Crippen molar-refractivity contribution in [2.24, 2.45) is 7.05 Å². The molecular formula is C29H33ClN6O3. The van der Waals surface area contributed by atoms with Gasteiger partial charge in [0.2, 0.25) is 5.95 Å². The minimum Gasteiger partial charge on any atom is -0.493 e. The normalized spacial score (nSPS) is 13.8. The molecule has 39 heavy (non-hydrogen) atoms. The van der Waals surface area contributed by atoms with Crippen molar-refractivity contribution in [3.63, 3.8) is 0 Å². The average molecular weight is 549 g/mol. The van der Waals surface area contributed by atoms with Crippen molar-refractivity contribution in [3.8, 4) is 17.2 Å². The predicted octanol–water partition coefficient (Wildman–Crippen LogP) is 5.77. The van der Waals surface area contributed by atoms with Crippen LogP contribution >= 0.6 is 11.6 Å². The first kappa shape index (κ1) is 26.8. The number of amides is 1. The van der Waals surface area contributed by atoms with Crippen molar-refractivity contribution >= 4 is 40.2 Å². The van der Waals surface area contributed by atoms with Crippen LogP contribution in [0.25, 0.3) is 11.0 Å². The van der Waals surface area contributed by atoms with Gasteiger partial charge >= 0.3 is 0 Å². The summed E-state index contributed by atoms with van der Waals surface area (Å²) in [4.78, 5) is 24.1. The van der Waals surface area contributed by atoms with E-state index in [9.17, 15) is 4.79 Å². The van der Waals surface area contributed by atoms with Crippen molar-refractivity contribution < 1.29 is 14.3 Å². The lowest BCUT2D eigenvalue weighted by Gasteiger charge is -2.26. The topological polar surface area (TPSA) is 93.5 Å². The molecule has 9 nitrogen and oxygen atoms in total. The Kier molecular flexibility index (Phi) is 8.48. The smallest absolute Gasteiger partial charge is 0.270 e. The van der Waals surface area contributed by atoms with Crippen LogP contribution in [0.5, 0.6) is 17.2 Å². The number of aromatic nitrogens is 3. The number of imidazole rings is 1. The Labute approximate surface area is 233 Å². The minimum atomic E-state index is -0.218. The van der Waals surface area contributed by atoms with E-state index in [4.69, 9.17) is 26.1 Å². The fraction of sp³-hybridized carbons (Fsp3) is 0.345. The number of benzene rings is 2. The number of anilines is 2. The molecule has 1 amide bonds.